The smallest absolute Gasteiger partial charge is 0.124 e. The molecule has 0 fully saturated rings. The van der Waals surface area contributed by atoms with Crippen molar-refractivity contribution in [3.8, 4) is 0 Å². The van der Waals surface area contributed by atoms with Gasteiger partial charge in [-0.2, -0.15) is 0 Å². The van der Waals surface area contributed by atoms with Crippen molar-refractivity contribution in [2.45, 2.75) is 12.5 Å². The first-order chi connectivity index (χ1) is 9.10. The third-order valence-corrected chi connectivity index (χ3v) is 4.28. The van der Waals surface area contributed by atoms with Gasteiger partial charge in [0.05, 0.1) is 6.04 Å². The standard InChI is InChI=1S/C14H13BrFIN2/c15-10-5-9(6-11(16)8-10)7-14(19-18)12-3-1-2-4-13(12)17/h1-6,8,14,19H,7,18H2. The molecule has 1 unspecified atom stereocenters. The lowest BCUT2D eigenvalue weighted by atomic mass is 9.99. The average molecular weight is 435 g/mol. The molecule has 2 aromatic carbocycles. The van der Waals surface area contributed by atoms with Gasteiger partial charge in [0.2, 0.25) is 0 Å². The number of hydrazine groups is 1. The van der Waals surface area contributed by atoms with Crippen molar-refractivity contribution in [2.24, 2.45) is 5.84 Å². The van der Waals surface area contributed by atoms with Crippen LogP contribution in [0.2, 0.25) is 0 Å². The third-order valence-electron chi connectivity index (χ3n) is 2.84. The van der Waals surface area contributed by atoms with Crippen LogP contribution in [0.15, 0.2) is 46.9 Å². The lowest BCUT2D eigenvalue weighted by molar-refractivity contribution is 0.546. The Hall–Kier alpha value is -0.500. The fourth-order valence-electron chi connectivity index (χ4n) is 1.98. The number of rotatable bonds is 4. The minimum Gasteiger partial charge on any atom is -0.271 e. The van der Waals surface area contributed by atoms with Gasteiger partial charge in [0.25, 0.3) is 0 Å². The first kappa shape index (κ1) is 14.9. The van der Waals surface area contributed by atoms with E-state index in [0.717, 1.165) is 19.2 Å². The highest BCUT2D eigenvalue weighted by Crippen LogP contribution is 2.24. The molecule has 0 aromatic heterocycles. The number of nitrogens with two attached hydrogens (primary N) is 1. The van der Waals surface area contributed by atoms with Crippen LogP contribution in [0.25, 0.3) is 0 Å². The molecule has 0 bridgehead atoms. The molecule has 0 spiro atoms. The molecule has 2 aromatic rings. The van der Waals surface area contributed by atoms with Crippen LogP contribution in [-0.2, 0) is 6.42 Å². The maximum atomic E-state index is 13.4. The van der Waals surface area contributed by atoms with E-state index in [2.05, 4.69) is 43.9 Å². The molecular formula is C14H13BrFIN2. The van der Waals surface area contributed by atoms with Crippen molar-refractivity contribution in [3.05, 3.63) is 67.5 Å². The molecule has 3 N–H and O–H groups in total. The van der Waals surface area contributed by atoms with Crippen molar-refractivity contribution in [1.29, 1.82) is 0 Å². The molecule has 100 valence electrons. The lowest BCUT2D eigenvalue weighted by Gasteiger charge is -2.18. The Morgan fingerprint density at radius 3 is 2.63 bits per heavy atom. The Kier molecular flexibility index (Phi) is 5.32. The van der Waals surface area contributed by atoms with Crippen LogP contribution in [0.4, 0.5) is 4.39 Å². The van der Waals surface area contributed by atoms with Crippen LogP contribution < -0.4 is 11.3 Å². The molecule has 0 amide bonds. The first-order valence-electron chi connectivity index (χ1n) is 5.75. The maximum absolute atomic E-state index is 13.4. The van der Waals surface area contributed by atoms with Gasteiger partial charge in [0, 0.05) is 8.04 Å². The summed E-state index contributed by atoms with van der Waals surface area (Å²) in [5, 5.41) is 0. The summed E-state index contributed by atoms with van der Waals surface area (Å²) >= 11 is 5.58. The molecule has 0 heterocycles. The minimum atomic E-state index is -0.247. The van der Waals surface area contributed by atoms with Gasteiger partial charge < -0.3 is 0 Å². The van der Waals surface area contributed by atoms with Gasteiger partial charge in [-0.15, -0.1) is 0 Å². The van der Waals surface area contributed by atoms with E-state index in [-0.39, 0.29) is 11.9 Å². The molecule has 0 aliphatic carbocycles. The second-order valence-corrected chi connectivity index (χ2v) is 6.30. The van der Waals surface area contributed by atoms with E-state index in [1.54, 1.807) is 0 Å². The topological polar surface area (TPSA) is 38.0 Å². The number of hydrogen-bond donors (Lipinski definition) is 2. The monoisotopic (exact) mass is 434 g/mol. The highest BCUT2D eigenvalue weighted by molar-refractivity contribution is 14.1. The molecule has 2 nitrogen and oxygen atoms in total. The molecule has 1 atom stereocenters. The summed E-state index contributed by atoms with van der Waals surface area (Å²) in [4.78, 5) is 0. The van der Waals surface area contributed by atoms with E-state index in [1.165, 1.54) is 12.1 Å². The number of benzene rings is 2. The highest BCUT2D eigenvalue weighted by Gasteiger charge is 2.14. The normalized spacial score (nSPS) is 12.4. The van der Waals surface area contributed by atoms with Gasteiger partial charge >= 0.3 is 0 Å². The van der Waals surface area contributed by atoms with Gasteiger partial charge in [-0.3, -0.25) is 11.3 Å². The van der Waals surface area contributed by atoms with E-state index < -0.39 is 0 Å². The minimum absolute atomic E-state index is 0.0400. The summed E-state index contributed by atoms with van der Waals surface area (Å²) in [6.45, 7) is 0. The van der Waals surface area contributed by atoms with Crippen LogP contribution in [0.1, 0.15) is 17.2 Å². The average Bonchev–Trinajstić information content (AvgIpc) is 2.36. The second kappa shape index (κ2) is 6.78. The Balaban J connectivity index is 2.26. The molecule has 0 saturated heterocycles. The molecule has 2 rings (SSSR count). The van der Waals surface area contributed by atoms with Crippen molar-refractivity contribution < 1.29 is 4.39 Å². The summed E-state index contributed by atoms with van der Waals surface area (Å²) < 4.78 is 15.3. The summed E-state index contributed by atoms with van der Waals surface area (Å²) in [5.74, 6) is 5.39. The third kappa shape index (κ3) is 3.98. The van der Waals surface area contributed by atoms with Crippen LogP contribution in [0, 0.1) is 9.39 Å². The molecule has 19 heavy (non-hydrogen) atoms. The zero-order valence-corrected chi connectivity index (χ0v) is 13.8. The Labute approximate surface area is 133 Å². The lowest BCUT2D eigenvalue weighted by Crippen LogP contribution is -2.30. The number of hydrogen-bond acceptors (Lipinski definition) is 2. The van der Waals surface area contributed by atoms with E-state index >= 15 is 0 Å². The van der Waals surface area contributed by atoms with E-state index in [0.29, 0.717) is 6.42 Å². The Morgan fingerprint density at radius 2 is 2.00 bits per heavy atom. The zero-order valence-electron chi connectivity index (χ0n) is 10.0. The number of halogens is 3. The number of nitrogens with one attached hydrogen (secondary N) is 1. The molecule has 0 aliphatic rings. The van der Waals surface area contributed by atoms with E-state index in [1.807, 2.05) is 30.3 Å². The predicted octanol–water partition coefficient (Wildman–Crippen LogP) is 3.94. The molecule has 0 aliphatic heterocycles. The van der Waals surface area contributed by atoms with Crippen LogP contribution in [0.5, 0.6) is 0 Å². The zero-order chi connectivity index (χ0) is 13.8. The fourth-order valence-corrected chi connectivity index (χ4v) is 3.26. The van der Waals surface area contributed by atoms with Gasteiger partial charge in [-0.05, 0) is 64.4 Å². The fraction of sp³-hybridized carbons (Fsp3) is 0.143. The van der Waals surface area contributed by atoms with Crippen LogP contribution >= 0.6 is 38.5 Å². The Bertz CT molecular complexity index is 557. The van der Waals surface area contributed by atoms with Gasteiger partial charge in [0.1, 0.15) is 5.82 Å². The molecule has 0 radical (unpaired) electrons. The van der Waals surface area contributed by atoms with E-state index in [9.17, 15) is 4.39 Å². The first-order valence-corrected chi connectivity index (χ1v) is 7.63. The van der Waals surface area contributed by atoms with Crippen LogP contribution in [-0.4, -0.2) is 0 Å². The van der Waals surface area contributed by atoms with Crippen molar-refractivity contribution >= 4 is 38.5 Å². The predicted molar refractivity (Wildman–Crippen MR) is 87.0 cm³/mol. The summed E-state index contributed by atoms with van der Waals surface area (Å²) in [7, 11) is 0. The molecule has 0 saturated carbocycles. The SMILES string of the molecule is NNC(Cc1cc(F)cc(Br)c1)c1ccccc1I. The summed E-state index contributed by atoms with van der Waals surface area (Å²) in [5.41, 5.74) is 4.82. The van der Waals surface area contributed by atoms with Crippen molar-refractivity contribution in [2.75, 3.05) is 0 Å². The Morgan fingerprint density at radius 1 is 1.26 bits per heavy atom. The van der Waals surface area contributed by atoms with Crippen molar-refractivity contribution in [1.82, 2.24) is 5.43 Å². The maximum Gasteiger partial charge on any atom is 0.124 e. The van der Waals surface area contributed by atoms with Crippen LogP contribution in [0.3, 0.4) is 0 Å². The summed E-state index contributed by atoms with van der Waals surface area (Å²) in [6.07, 6.45) is 0.632. The van der Waals surface area contributed by atoms with Gasteiger partial charge in [-0.25, -0.2) is 4.39 Å². The largest absolute Gasteiger partial charge is 0.271 e. The molecular weight excluding hydrogens is 422 g/mol. The van der Waals surface area contributed by atoms with Gasteiger partial charge in [0.15, 0.2) is 0 Å². The van der Waals surface area contributed by atoms with Crippen molar-refractivity contribution in [3.63, 3.8) is 0 Å². The van der Waals surface area contributed by atoms with Gasteiger partial charge in [-0.1, -0.05) is 34.1 Å². The quantitative estimate of drug-likeness (QED) is 0.434. The molecule has 5 heteroatoms. The highest BCUT2D eigenvalue weighted by atomic mass is 127. The second-order valence-electron chi connectivity index (χ2n) is 4.22. The van der Waals surface area contributed by atoms with E-state index in [4.69, 9.17) is 5.84 Å². The summed E-state index contributed by atoms with van der Waals surface area (Å²) in [6, 6.07) is 12.9.